The maximum atomic E-state index is 5.49. The fourth-order valence-electron chi connectivity index (χ4n) is 4.46. The Morgan fingerprint density at radius 2 is 1.92 bits per heavy atom. The van der Waals surface area contributed by atoms with Crippen molar-refractivity contribution >= 4 is 5.96 Å². The molecular weight excluding hydrogens is 300 g/mol. The highest BCUT2D eigenvalue weighted by atomic mass is 16.5. The summed E-state index contributed by atoms with van der Waals surface area (Å²) in [7, 11) is 0. The molecule has 1 aliphatic carbocycles. The van der Waals surface area contributed by atoms with Crippen LogP contribution in [0.4, 0.5) is 0 Å². The standard InChI is InChI=1S/C19H36N4O/c1-2-20-19(21-10-5-8-17-6-3-4-7-17)23-11-9-18(16-23)22-12-14-24-15-13-22/h17-18H,2-16H2,1H3,(H,20,21). The zero-order valence-electron chi connectivity index (χ0n) is 15.5. The van der Waals surface area contributed by atoms with Gasteiger partial charge in [0, 0.05) is 45.3 Å². The van der Waals surface area contributed by atoms with Crippen molar-refractivity contribution in [2.24, 2.45) is 10.9 Å². The van der Waals surface area contributed by atoms with Crippen molar-refractivity contribution in [3.05, 3.63) is 0 Å². The molecule has 0 bridgehead atoms. The van der Waals surface area contributed by atoms with Crippen LogP contribution in [0.25, 0.3) is 0 Å². The molecule has 1 atom stereocenters. The second kappa shape index (κ2) is 9.62. The summed E-state index contributed by atoms with van der Waals surface area (Å²) < 4.78 is 5.49. The van der Waals surface area contributed by atoms with Crippen LogP contribution >= 0.6 is 0 Å². The number of morpholine rings is 1. The highest BCUT2D eigenvalue weighted by molar-refractivity contribution is 5.80. The van der Waals surface area contributed by atoms with Gasteiger partial charge >= 0.3 is 0 Å². The third-order valence-electron chi connectivity index (χ3n) is 5.87. The smallest absolute Gasteiger partial charge is 0.193 e. The van der Waals surface area contributed by atoms with Gasteiger partial charge in [0.1, 0.15) is 0 Å². The van der Waals surface area contributed by atoms with E-state index in [0.717, 1.165) is 64.4 Å². The first-order valence-electron chi connectivity index (χ1n) is 10.2. The molecule has 0 aromatic heterocycles. The molecule has 5 nitrogen and oxygen atoms in total. The predicted molar refractivity (Wildman–Crippen MR) is 99.5 cm³/mol. The molecule has 24 heavy (non-hydrogen) atoms. The average Bonchev–Trinajstić information content (AvgIpc) is 3.30. The Balaban J connectivity index is 1.44. The van der Waals surface area contributed by atoms with Crippen LogP contribution in [0, 0.1) is 5.92 Å². The van der Waals surface area contributed by atoms with Crippen molar-refractivity contribution in [2.75, 3.05) is 52.5 Å². The van der Waals surface area contributed by atoms with Gasteiger partial charge in [-0.1, -0.05) is 25.7 Å². The van der Waals surface area contributed by atoms with Gasteiger partial charge in [-0.05, 0) is 32.1 Å². The number of nitrogens with zero attached hydrogens (tertiary/aromatic N) is 3. The van der Waals surface area contributed by atoms with Gasteiger partial charge in [-0.15, -0.1) is 0 Å². The first kappa shape index (κ1) is 18.0. The Morgan fingerprint density at radius 1 is 1.12 bits per heavy atom. The molecule has 0 radical (unpaired) electrons. The highest BCUT2D eigenvalue weighted by Gasteiger charge is 2.30. The third kappa shape index (κ3) is 5.09. The Labute approximate surface area is 147 Å². The molecule has 3 aliphatic rings. The largest absolute Gasteiger partial charge is 0.379 e. The maximum absolute atomic E-state index is 5.49. The molecule has 2 heterocycles. The maximum Gasteiger partial charge on any atom is 0.193 e. The van der Waals surface area contributed by atoms with Gasteiger partial charge in [-0.2, -0.15) is 0 Å². The molecule has 0 spiro atoms. The average molecular weight is 337 g/mol. The summed E-state index contributed by atoms with van der Waals surface area (Å²) in [6, 6.07) is 0.677. The molecular formula is C19H36N4O. The molecule has 1 N–H and O–H groups in total. The Morgan fingerprint density at radius 3 is 2.67 bits per heavy atom. The summed E-state index contributed by atoms with van der Waals surface area (Å²) in [6.45, 7) is 10.3. The van der Waals surface area contributed by atoms with E-state index in [1.165, 1.54) is 44.9 Å². The number of rotatable bonds is 6. The summed E-state index contributed by atoms with van der Waals surface area (Å²) in [5.41, 5.74) is 0. The lowest BCUT2D eigenvalue weighted by Crippen LogP contribution is -2.46. The van der Waals surface area contributed by atoms with Crippen LogP contribution in [0.15, 0.2) is 4.99 Å². The quantitative estimate of drug-likeness (QED) is 0.459. The Kier molecular flexibility index (Phi) is 7.21. The molecule has 0 aromatic rings. The van der Waals surface area contributed by atoms with E-state index < -0.39 is 0 Å². The number of nitrogens with one attached hydrogen (secondary N) is 1. The molecule has 2 saturated heterocycles. The van der Waals surface area contributed by atoms with Crippen molar-refractivity contribution in [3.8, 4) is 0 Å². The first-order chi connectivity index (χ1) is 11.9. The normalized spacial score (nSPS) is 27.1. The van der Waals surface area contributed by atoms with Crippen molar-refractivity contribution in [1.82, 2.24) is 15.1 Å². The highest BCUT2D eigenvalue weighted by Crippen LogP contribution is 2.28. The zero-order valence-corrected chi connectivity index (χ0v) is 15.5. The minimum absolute atomic E-state index is 0.677. The summed E-state index contributed by atoms with van der Waals surface area (Å²) in [5, 5.41) is 3.51. The Hall–Kier alpha value is -0.810. The van der Waals surface area contributed by atoms with E-state index in [9.17, 15) is 0 Å². The van der Waals surface area contributed by atoms with Crippen LogP contribution in [0.3, 0.4) is 0 Å². The first-order valence-corrected chi connectivity index (χ1v) is 10.2. The van der Waals surface area contributed by atoms with E-state index in [2.05, 4.69) is 22.0 Å². The van der Waals surface area contributed by atoms with E-state index in [1.807, 2.05) is 0 Å². The summed E-state index contributed by atoms with van der Waals surface area (Å²) >= 11 is 0. The third-order valence-corrected chi connectivity index (χ3v) is 5.87. The SMILES string of the molecule is CCNC(=NCCCC1CCCC1)N1CCC(N2CCOCC2)C1. The van der Waals surface area contributed by atoms with Crippen molar-refractivity contribution in [2.45, 2.75) is 57.9 Å². The summed E-state index contributed by atoms with van der Waals surface area (Å²) in [4.78, 5) is 10.0. The van der Waals surface area contributed by atoms with E-state index in [0.29, 0.717) is 6.04 Å². The molecule has 0 amide bonds. The summed E-state index contributed by atoms with van der Waals surface area (Å²) in [5.74, 6) is 2.12. The molecule has 3 rings (SSSR count). The molecule has 138 valence electrons. The van der Waals surface area contributed by atoms with Crippen molar-refractivity contribution in [3.63, 3.8) is 0 Å². The van der Waals surface area contributed by atoms with Crippen LogP contribution in [-0.4, -0.2) is 74.3 Å². The topological polar surface area (TPSA) is 40.1 Å². The van der Waals surface area contributed by atoms with E-state index >= 15 is 0 Å². The van der Waals surface area contributed by atoms with Crippen LogP contribution < -0.4 is 5.32 Å². The number of guanidine groups is 1. The molecule has 0 aromatic carbocycles. The summed E-state index contributed by atoms with van der Waals surface area (Å²) in [6.07, 6.45) is 9.70. The van der Waals surface area contributed by atoms with Gasteiger partial charge in [-0.25, -0.2) is 0 Å². The number of hydrogen-bond acceptors (Lipinski definition) is 3. The van der Waals surface area contributed by atoms with E-state index in [4.69, 9.17) is 9.73 Å². The van der Waals surface area contributed by atoms with E-state index in [1.54, 1.807) is 0 Å². The van der Waals surface area contributed by atoms with Crippen LogP contribution in [0.5, 0.6) is 0 Å². The second-order valence-electron chi connectivity index (χ2n) is 7.57. The monoisotopic (exact) mass is 336 g/mol. The Bertz CT molecular complexity index is 389. The molecule has 1 saturated carbocycles. The number of likely N-dealkylation sites (tertiary alicyclic amines) is 1. The number of aliphatic imine (C=N–C) groups is 1. The van der Waals surface area contributed by atoms with Gasteiger partial charge in [0.05, 0.1) is 13.2 Å². The van der Waals surface area contributed by atoms with Crippen molar-refractivity contribution < 1.29 is 4.74 Å². The number of ether oxygens (including phenoxy) is 1. The van der Waals surface area contributed by atoms with Gasteiger partial charge < -0.3 is 15.0 Å². The van der Waals surface area contributed by atoms with Crippen LogP contribution in [-0.2, 0) is 4.74 Å². The fourth-order valence-corrected chi connectivity index (χ4v) is 4.46. The molecule has 1 unspecified atom stereocenters. The van der Waals surface area contributed by atoms with Crippen LogP contribution in [0.1, 0.15) is 51.9 Å². The van der Waals surface area contributed by atoms with E-state index in [-0.39, 0.29) is 0 Å². The number of hydrogen-bond donors (Lipinski definition) is 1. The van der Waals surface area contributed by atoms with Gasteiger partial charge in [0.2, 0.25) is 0 Å². The van der Waals surface area contributed by atoms with Gasteiger partial charge in [0.25, 0.3) is 0 Å². The van der Waals surface area contributed by atoms with Crippen molar-refractivity contribution in [1.29, 1.82) is 0 Å². The zero-order chi connectivity index (χ0) is 16.6. The molecule has 2 aliphatic heterocycles. The lowest BCUT2D eigenvalue weighted by Gasteiger charge is -2.32. The molecule has 3 fully saturated rings. The minimum atomic E-state index is 0.677. The van der Waals surface area contributed by atoms with Crippen LogP contribution in [0.2, 0.25) is 0 Å². The van der Waals surface area contributed by atoms with Gasteiger partial charge in [-0.3, -0.25) is 9.89 Å². The van der Waals surface area contributed by atoms with Gasteiger partial charge in [0.15, 0.2) is 5.96 Å². The molecule has 5 heteroatoms. The predicted octanol–water partition coefficient (Wildman–Crippen LogP) is 2.33. The lowest BCUT2D eigenvalue weighted by molar-refractivity contribution is 0.0195. The fraction of sp³-hybridized carbons (Fsp3) is 0.947. The minimum Gasteiger partial charge on any atom is -0.379 e. The lowest BCUT2D eigenvalue weighted by atomic mass is 10.0. The second-order valence-corrected chi connectivity index (χ2v) is 7.57.